The molecule has 0 amide bonds. The van der Waals surface area contributed by atoms with Gasteiger partial charge < -0.3 is 15.2 Å². The van der Waals surface area contributed by atoms with Gasteiger partial charge in [-0.1, -0.05) is 19.4 Å². The predicted octanol–water partition coefficient (Wildman–Crippen LogP) is 2.09. The molecule has 2 rings (SSSR count). The van der Waals surface area contributed by atoms with Crippen molar-refractivity contribution in [3.63, 3.8) is 0 Å². The fraction of sp³-hybridized carbons (Fsp3) is 0.571. The van der Waals surface area contributed by atoms with E-state index < -0.39 is 0 Å². The van der Waals surface area contributed by atoms with Crippen LogP contribution in [0.4, 0.5) is 4.39 Å². The molecule has 3 nitrogen and oxygen atoms in total. The molecular weight excluding hydrogens is 233 g/mol. The summed E-state index contributed by atoms with van der Waals surface area (Å²) in [7, 11) is 1.47. The molecule has 100 valence electrons. The molecule has 1 aliphatic heterocycles. The summed E-state index contributed by atoms with van der Waals surface area (Å²) in [5.74, 6) is 0.266. The minimum Gasteiger partial charge on any atom is -0.494 e. The van der Waals surface area contributed by atoms with Crippen LogP contribution in [0.5, 0.6) is 5.75 Å². The number of methoxy groups -OCH3 is 1. The Balaban J connectivity index is 2.35. The molecule has 0 radical (unpaired) electrons. The molecular formula is C14H20FNO2. The number of halogens is 1. The van der Waals surface area contributed by atoms with Crippen molar-refractivity contribution >= 4 is 0 Å². The summed E-state index contributed by atoms with van der Waals surface area (Å²) in [6.07, 6.45) is 0.966. The summed E-state index contributed by atoms with van der Waals surface area (Å²) in [6, 6.07) is 5.15. The Morgan fingerprint density at radius 1 is 1.50 bits per heavy atom. The smallest absolute Gasteiger partial charge is 0.165 e. The second kappa shape index (κ2) is 5.24. The standard InChI is InChI=1S/C14H20FNO2/c1-3-10(7-16)14(8-18-9-14)11-4-5-13(17-2)12(15)6-11/h4-6,10H,3,7-9,16H2,1-2H3. The lowest BCUT2D eigenvalue weighted by molar-refractivity contribution is -0.0899. The zero-order valence-corrected chi connectivity index (χ0v) is 10.9. The number of ether oxygens (including phenoxy) is 2. The maximum Gasteiger partial charge on any atom is 0.165 e. The molecule has 1 heterocycles. The minimum atomic E-state index is -0.326. The van der Waals surface area contributed by atoms with Crippen molar-refractivity contribution < 1.29 is 13.9 Å². The first-order chi connectivity index (χ1) is 8.67. The molecule has 1 saturated heterocycles. The fourth-order valence-electron chi connectivity index (χ4n) is 2.72. The van der Waals surface area contributed by atoms with Gasteiger partial charge in [0.05, 0.1) is 20.3 Å². The third-order valence-electron chi connectivity index (χ3n) is 4.00. The monoisotopic (exact) mass is 253 g/mol. The van der Waals surface area contributed by atoms with Gasteiger partial charge in [-0.3, -0.25) is 0 Å². The Kier molecular flexibility index (Phi) is 3.88. The van der Waals surface area contributed by atoms with Gasteiger partial charge in [0.1, 0.15) is 0 Å². The van der Waals surface area contributed by atoms with Crippen LogP contribution in [-0.2, 0) is 10.2 Å². The van der Waals surface area contributed by atoms with Crippen molar-refractivity contribution in [2.45, 2.75) is 18.8 Å². The van der Waals surface area contributed by atoms with Gasteiger partial charge in [0.15, 0.2) is 11.6 Å². The van der Waals surface area contributed by atoms with Gasteiger partial charge in [-0.15, -0.1) is 0 Å². The number of nitrogens with two attached hydrogens (primary N) is 1. The Hall–Kier alpha value is -1.13. The van der Waals surface area contributed by atoms with Gasteiger partial charge in [0.2, 0.25) is 0 Å². The molecule has 1 aliphatic rings. The van der Waals surface area contributed by atoms with Crippen LogP contribution >= 0.6 is 0 Å². The van der Waals surface area contributed by atoms with Crippen molar-refractivity contribution in [3.05, 3.63) is 29.6 Å². The normalized spacial score (nSPS) is 19.1. The maximum atomic E-state index is 13.8. The Morgan fingerprint density at radius 3 is 2.61 bits per heavy atom. The largest absolute Gasteiger partial charge is 0.494 e. The summed E-state index contributed by atoms with van der Waals surface area (Å²) in [4.78, 5) is 0. The Labute approximate surface area is 107 Å². The predicted molar refractivity (Wildman–Crippen MR) is 68.3 cm³/mol. The van der Waals surface area contributed by atoms with E-state index in [1.807, 2.05) is 6.07 Å². The molecule has 4 heteroatoms. The van der Waals surface area contributed by atoms with Crippen molar-refractivity contribution in [3.8, 4) is 5.75 Å². The number of benzene rings is 1. The van der Waals surface area contributed by atoms with Crippen LogP contribution in [-0.4, -0.2) is 26.9 Å². The molecule has 0 bridgehead atoms. The van der Waals surface area contributed by atoms with Crippen molar-refractivity contribution in [2.24, 2.45) is 11.7 Å². The molecule has 1 aromatic carbocycles. The van der Waals surface area contributed by atoms with Crippen LogP contribution in [0.2, 0.25) is 0 Å². The van der Waals surface area contributed by atoms with E-state index in [9.17, 15) is 4.39 Å². The van der Waals surface area contributed by atoms with Gasteiger partial charge >= 0.3 is 0 Å². The average Bonchev–Trinajstić information content (AvgIpc) is 2.33. The molecule has 1 unspecified atom stereocenters. The van der Waals surface area contributed by atoms with Crippen LogP contribution in [0.3, 0.4) is 0 Å². The van der Waals surface area contributed by atoms with Crippen LogP contribution in [0.25, 0.3) is 0 Å². The van der Waals surface area contributed by atoms with E-state index in [1.165, 1.54) is 7.11 Å². The highest BCUT2D eigenvalue weighted by Gasteiger charge is 2.45. The van der Waals surface area contributed by atoms with Gasteiger partial charge in [-0.05, 0) is 30.2 Å². The lowest BCUT2D eigenvalue weighted by Crippen LogP contribution is -2.54. The van der Waals surface area contributed by atoms with Gasteiger partial charge in [-0.2, -0.15) is 0 Å². The first-order valence-electron chi connectivity index (χ1n) is 6.29. The van der Waals surface area contributed by atoms with E-state index in [4.69, 9.17) is 15.2 Å². The molecule has 0 saturated carbocycles. The van der Waals surface area contributed by atoms with Crippen molar-refractivity contribution in [1.29, 1.82) is 0 Å². The van der Waals surface area contributed by atoms with Gasteiger partial charge in [-0.25, -0.2) is 4.39 Å². The number of hydrogen-bond acceptors (Lipinski definition) is 3. The van der Waals surface area contributed by atoms with Crippen LogP contribution < -0.4 is 10.5 Å². The lowest BCUT2D eigenvalue weighted by atomic mass is 9.67. The third-order valence-corrected chi connectivity index (χ3v) is 4.00. The third kappa shape index (κ3) is 1.99. The molecule has 2 N–H and O–H groups in total. The van der Waals surface area contributed by atoms with Crippen LogP contribution in [0.15, 0.2) is 18.2 Å². The topological polar surface area (TPSA) is 44.5 Å². The molecule has 18 heavy (non-hydrogen) atoms. The molecule has 0 aliphatic carbocycles. The zero-order chi connectivity index (χ0) is 13.2. The highest BCUT2D eigenvalue weighted by molar-refractivity contribution is 5.36. The van der Waals surface area contributed by atoms with E-state index in [2.05, 4.69) is 6.92 Å². The van der Waals surface area contributed by atoms with E-state index in [0.29, 0.717) is 25.7 Å². The number of hydrogen-bond donors (Lipinski definition) is 1. The lowest BCUT2D eigenvalue weighted by Gasteiger charge is -2.47. The summed E-state index contributed by atoms with van der Waals surface area (Å²) in [6.45, 7) is 3.94. The van der Waals surface area contributed by atoms with Gasteiger partial charge in [0.25, 0.3) is 0 Å². The van der Waals surface area contributed by atoms with Crippen LogP contribution in [0, 0.1) is 11.7 Å². The van der Waals surface area contributed by atoms with Gasteiger partial charge in [0, 0.05) is 5.41 Å². The second-order valence-electron chi connectivity index (χ2n) is 4.84. The SMILES string of the molecule is CCC(CN)C1(c2ccc(OC)c(F)c2)COC1. The van der Waals surface area contributed by atoms with E-state index in [0.717, 1.165) is 12.0 Å². The fourth-order valence-corrected chi connectivity index (χ4v) is 2.72. The second-order valence-corrected chi connectivity index (χ2v) is 4.84. The first kappa shape index (κ1) is 13.3. The maximum absolute atomic E-state index is 13.8. The van der Waals surface area contributed by atoms with Crippen molar-refractivity contribution in [2.75, 3.05) is 26.9 Å². The van der Waals surface area contributed by atoms with Crippen LogP contribution in [0.1, 0.15) is 18.9 Å². The highest BCUT2D eigenvalue weighted by Crippen LogP contribution is 2.41. The van der Waals surface area contributed by atoms with Crippen molar-refractivity contribution in [1.82, 2.24) is 0 Å². The van der Waals surface area contributed by atoms with E-state index in [1.54, 1.807) is 12.1 Å². The molecule has 1 fully saturated rings. The summed E-state index contributed by atoms with van der Waals surface area (Å²) in [5, 5.41) is 0. The Bertz CT molecular complexity index is 414. The summed E-state index contributed by atoms with van der Waals surface area (Å²) in [5.41, 5.74) is 6.67. The number of rotatable bonds is 5. The quantitative estimate of drug-likeness (QED) is 0.874. The summed E-state index contributed by atoms with van der Waals surface area (Å²) < 4.78 is 24.1. The van der Waals surface area contributed by atoms with E-state index >= 15 is 0 Å². The molecule has 1 atom stereocenters. The Morgan fingerprint density at radius 2 is 2.22 bits per heavy atom. The van der Waals surface area contributed by atoms with E-state index in [-0.39, 0.29) is 17.0 Å². The molecule has 0 spiro atoms. The highest BCUT2D eigenvalue weighted by atomic mass is 19.1. The zero-order valence-electron chi connectivity index (χ0n) is 10.9. The molecule has 1 aromatic rings. The minimum absolute atomic E-state index is 0.128. The average molecular weight is 253 g/mol. The molecule has 0 aromatic heterocycles. The first-order valence-corrected chi connectivity index (χ1v) is 6.29. The summed E-state index contributed by atoms with van der Waals surface area (Å²) >= 11 is 0.